The monoisotopic (exact) mass is 251 g/mol. The first-order valence-corrected chi connectivity index (χ1v) is 5.45. The Morgan fingerprint density at radius 3 is 2.72 bits per heavy atom. The fourth-order valence-corrected chi connectivity index (χ4v) is 1.21. The highest BCUT2D eigenvalue weighted by Gasteiger charge is 2.03. The van der Waals surface area contributed by atoms with E-state index in [4.69, 9.17) is 5.73 Å². The summed E-state index contributed by atoms with van der Waals surface area (Å²) >= 11 is 0. The van der Waals surface area contributed by atoms with Crippen LogP contribution in [0.1, 0.15) is 10.5 Å². The molecule has 0 aliphatic rings. The largest absolute Gasteiger partial charge is 0.383 e. The smallest absolute Gasteiger partial charge is 0.316 e. The first-order chi connectivity index (χ1) is 8.50. The number of carbonyl (C=O) groups is 2. The maximum absolute atomic E-state index is 11.2. The van der Waals surface area contributed by atoms with Gasteiger partial charge in [-0.15, -0.1) is 0 Å². The van der Waals surface area contributed by atoms with E-state index in [1.54, 1.807) is 26.2 Å². The third-order valence-electron chi connectivity index (χ3n) is 2.15. The van der Waals surface area contributed by atoms with Crippen LogP contribution in [0.5, 0.6) is 0 Å². The summed E-state index contributed by atoms with van der Waals surface area (Å²) in [4.78, 5) is 27.4. The molecule has 0 bridgehead atoms. The summed E-state index contributed by atoms with van der Waals surface area (Å²) in [6.07, 6.45) is 1.50. The first-order valence-electron chi connectivity index (χ1n) is 5.45. The summed E-state index contributed by atoms with van der Waals surface area (Å²) in [5.41, 5.74) is 6.06. The van der Waals surface area contributed by atoms with E-state index in [-0.39, 0.29) is 11.7 Å². The molecule has 3 amide bonds. The number of nitrogens with zero attached hydrogens (tertiary/aromatic N) is 2. The number of aromatic nitrogens is 1. The van der Waals surface area contributed by atoms with E-state index >= 15 is 0 Å². The number of nitrogens with one attached hydrogen (secondary N) is 2. The number of amides is 3. The Labute approximate surface area is 105 Å². The zero-order valence-electron chi connectivity index (χ0n) is 10.4. The van der Waals surface area contributed by atoms with Crippen molar-refractivity contribution in [1.29, 1.82) is 0 Å². The van der Waals surface area contributed by atoms with Gasteiger partial charge in [-0.2, -0.15) is 0 Å². The van der Waals surface area contributed by atoms with Crippen LogP contribution in [0, 0.1) is 0 Å². The van der Waals surface area contributed by atoms with Crippen LogP contribution >= 0.6 is 0 Å². The van der Waals surface area contributed by atoms with Crippen molar-refractivity contribution in [1.82, 2.24) is 15.2 Å². The Morgan fingerprint density at radius 2 is 2.11 bits per heavy atom. The van der Waals surface area contributed by atoms with Crippen LogP contribution in [-0.2, 0) is 0 Å². The first kappa shape index (κ1) is 13.8. The molecule has 1 aromatic rings. The van der Waals surface area contributed by atoms with Gasteiger partial charge in [0.2, 0.25) is 0 Å². The van der Waals surface area contributed by atoms with E-state index in [0.717, 1.165) is 5.69 Å². The Morgan fingerprint density at radius 1 is 1.39 bits per heavy atom. The molecule has 0 radical (unpaired) electrons. The van der Waals surface area contributed by atoms with Crippen LogP contribution in [0.25, 0.3) is 0 Å². The molecule has 18 heavy (non-hydrogen) atoms. The van der Waals surface area contributed by atoms with Crippen LogP contribution in [-0.4, -0.2) is 49.0 Å². The Bertz CT molecular complexity index is 433. The van der Waals surface area contributed by atoms with Crippen molar-refractivity contribution in [3.63, 3.8) is 0 Å². The van der Waals surface area contributed by atoms with Gasteiger partial charge in [-0.25, -0.2) is 4.79 Å². The molecule has 0 atom stereocenters. The van der Waals surface area contributed by atoms with Crippen molar-refractivity contribution < 1.29 is 9.59 Å². The molecule has 7 heteroatoms. The van der Waals surface area contributed by atoms with Crippen molar-refractivity contribution in [2.45, 2.75) is 0 Å². The lowest BCUT2D eigenvalue weighted by Gasteiger charge is -2.12. The van der Waals surface area contributed by atoms with Crippen molar-refractivity contribution in [2.75, 3.05) is 32.5 Å². The molecular weight excluding hydrogens is 234 g/mol. The van der Waals surface area contributed by atoms with Crippen LogP contribution in [0.2, 0.25) is 0 Å². The number of carbonyl (C=O) groups excluding carboxylic acids is 2. The second-order valence-electron chi connectivity index (χ2n) is 3.85. The average molecular weight is 251 g/mol. The van der Waals surface area contributed by atoms with Gasteiger partial charge < -0.3 is 21.3 Å². The number of hydrogen-bond donors (Lipinski definition) is 3. The van der Waals surface area contributed by atoms with E-state index in [1.807, 2.05) is 0 Å². The average Bonchev–Trinajstić information content (AvgIpc) is 2.34. The molecule has 1 aromatic heterocycles. The highest BCUT2D eigenvalue weighted by Crippen LogP contribution is 2.06. The molecule has 0 aliphatic carbocycles. The van der Waals surface area contributed by atoms with Crippen molar-refractivity contribution in [2.24, 2.45) is 5.73 Å². The molecule has 0 spiro atoms. The molecule has 4 N–H and O–H groups in total. The van der Waals surface area contributed by atoms with Gasteiger partial charge in [0.05, 0.1) is 0 Å². The molecule has 0 saturated heterocycles. The summed E-state index contributed by atoms with van der Waals surface area (Å²) in [5.74, 6) is -0.570. The zero-order chi connectivity index (χ0) is 13.5. The van der Waals surface area contributed by atoms with E-state index in [0.29, 0.717) is 13.1 Å². The highest BCUT2D eigenvalue weighted by molar-refractivity contribution is 5.91. The second-order valence-corrected chi connectivity index (χ2v) is 3.85. The lowest BCUT2D eigenvalue weighted by molar-refractivity contribution is 0.0995. The predicted molar refractivity (Wildman–Crippen MR) is 68.3 cm³/mol. The fraction of sp³-hybridized carbons (Fsp3) is 0.364. The van der Waals surface area contributed by atoms with Gasteiger partial charge in [0.1, 0.15) is 5.69 Å². The normalized spacial score (nSPS) is 9.67. The maximum Gasteiger partial charge on any atom is 0.316 e. The number of pyridine rings is 1. The third-order valence-corrected chi connectivity index (χ3v) is 2.15. The van der Waals surface area contributed by atoms with Crippen LogP contribution in [0.4, 0.5) is 10.5 Å². The summed E-state index contributed by atoms with van der Waals surface area (Å²) in [7, 11) is 3.34. The number of urea groups is 1. The van der Waals surface area contributed by atoms with Crippen molar-refractivity contribution >= 4 is 17.6 Å². The molecule has 0 saturated carbocycles. The van der Waals surface area contributed by atoms with Gasteiger partial charge in [-0.3, -0.25) is 9.78 Å². The molecule has 0 fully saturated rings. The molecule has 1 rings (SSSR count). The fourth-order valence-electron chi connectivity index (χ4n) is 1.21. The Kier molecular flexibility index (Phi) is 4.91. The third kappa shape index (κ3) is 4.28. The van der Waals surface area contributed by atoms with Crippen molar-refractivity contribution in [3.8, 4) is 0 Å². The summed E-state index contributed by atoms with van der Waals surface area (Å²) in [5, 5.41) is 5.76. The van der Waals surface area contributed by atoms with Crippen LogP contribution in [0.3, 0.4) is 0 Å². The predicted octanol–water partition coefficient (Wildman–Crippen LogP) is -0.136. The molecule has 0 aromatic carbocycles. The molecule has 1 heterocycles. The summed E-state index contributed by atoms with van der Waals surface area (Å²) in [6, 6.07) is 3.14. The lowest BCUT2D eigenvalue weighted by Crippen LogP contribution is -2.37. The van der Waals surface area contributed by atoms with Crippen LogP contribution < -0.4 is 16.4 Å². The molecule has 98 valence electrons. The van der Waals surface area contributed by atoms with E-state index < -0.39 is 5.91 Å². The van der Waals surface area contributed by atoms with E-state index in [9.17, 15) is 9.59 Å². The van der Waals surface area contributed by atoms with Gasteiger partial charge >= 0.3 is 6.03 Å². The quantitative estimate of drug-likeness (QED) is 0.634. The van der Waals surface area contributed by atoms with Gasteiger partial charge in [0.15, 0.2) is 0 Å². The Balaban J connectivity index is 2.38. The summed E-state index contributed by atoms with van der Waals surface area (Å²) < 4.78 is 0. The van der Waals surface area contributed by atoms with Gasteiger partial charge in [-0.05, 0) is 12.1 Å². The minimum absolute atomic E-state index is 0.149. The maximum atomic E-state index is 11.2. The minimum atomic E-state index is -0.570. The molecular formula is C11H17N5O2. The van der Waals surface area contributed by atoms with Gasteiger partial charge in [0.25, 0.3) is 5.91 Å². The molecule has 0 aliphatic heterocycles. The number of nitrogens with two attached hydrogens (primary N) is 1. The standard InChI is InChI=1S/C11H17N5O2/c1-16(2)11(18)15-6-5-13-8-3-4-14-9(7-8)10(12)17/h3-4,7H,5-6H2,1-2H3,(H2,12,17)(H,13,14)(H,15,18). The van der Waals surface area contributed by atoms with E-state index in [1.165, 1.54) is 11.1 Å². The van der Waals surface area contributed by atoms with Crippen molar-refractivity contribution in [3.05, 3.63) is 24.0 Å². The van der Waals surface area contributed by atoms with Gasteiger partial charge in [-0.1, -0.05) is 0 Å². The summed E-state index contributed by atoms with van der Waals surface area (Å²) in [6.45, 7) is 1.02. The Hall–Kier alpha value is -2.31. The minimum Gasteiger partial charge on any atom is -0.383 e. The SMILES string of the molecule is CN(C)C(=O)NCCNc1ccnc(C(N)=O)c1. The topological polar surface area (TPSA) is 100 Å². The number of rotatable bonds is 5. The zero-order valence-corrected chi connectivity index (χ0v) is 10.4. The number of hydrogen-bond acceptors (Lipinski definition) is 4. The highest BCUT2D eigenvalue weighted by atomic mass is 16.2. The molecule has 7 nitrogen and oxygen atoms in total. The second kappa shape index (κ2) is 6.43. The number of primary amides is 1. The van der Waals surface area contributed by atoms with Gasteiger partial charge in [0, 0.05) is 39.1 Å². The lowest BCUT2D eigenvalue weighted by atomic mass is 10.3. The molecule has 0 unspecified atom stereocenters. The van der Waals surface area contributed by atoms with Crippen LogP contribution in [0.15, 0.2) is 18.3 Å². The van der Waals surface area contributed by atoms with E-state index in [2.05, 4.69) is 15.6 Å². The number of anilines is 1.